The first kappa shape index (κ1) is 18.7. The highest BCUT2D eigenvalue weighted by Crippen LogP contribution is 2.31. The third-order valence-electron chi connectivity index (χ3n) is 4.37. The zero-order valence-corrected chi connectivity index (χ0v) is 15.7. The first-order valence-electron chi connectivity index (χ1n) is 8.67. The monoisotopic (exact) mass is 347 g/mol. The lowest BCUT2D eigenvalue weighted by Crippen LogP contribution is -2.21. The van der Waals surface area contributed by atoms with Crippen molar-refractivity contribution < 1.29 is 5.11 Å². The summed E-state index contributed by atoms with van der Waals surface area (Å²) >= 11 is 1.80. The molecule has 24 heavy (non-hydrogen) atoms. The molecular weight excluding hydrogens is 318 g/mol. The van der Waals surface area contributed by atoms with Gasteiger partial charge in [-0.1, -0.05) is 20.1 Å². The Hall–Kier alpha value is -1.62. The molecule has 1 atom stereocenters. The maximum Gasteiger partial charge on any atom is 0.129 e. The van der Waals surface area contributed by atoms with Crippen molar-refractivity contribution in [1.29, 1.82) is 0 Å². The molecule has 0 aliphatic carbocycles. The normalized spacial score (nSPS) is 17.1. The molecule has 0 saturated carbocycles. The SMILES string of the molecule is C=C(O)CCC1CCN(c2ccc(C(=C)NC)c(SCCC)n2)C1. The van der Waals surface area contributed by atoms with Crippen molar-refractivity contribution >= 4 is 23.3 Å². The molecule has 0 amide bonds. The van der Waals surface area contributed by atoms with Gasteiger partial charge in [0.2, 0.25) is 0 Å². The molecule has 2 rings (SSSR count). The first-order valence-corrected chi connectivity index (χ1v) is 9.66. The minimum atomic E-state index is 0.291. The third-order valence-corrected chi connectivity index (χ3v) is 5.56. The highest BCUT2D eigenvalue weighted by atomic mass is 32.2. The molecule has 5 heteroatoms. The van der Waals surface area contributed by atoms with Crippen molar-refractivity contribution in [1.82, 2.24) is 10.3 Å². The lowest BCUT2D eigenvalue weighted by Gasteiger charge is -2.20. The number of nitrogens with zero attached hydrogens (tertiary/aromatic N) is 2. The third kappa shape index (κ3) is 4.94. The van der Waals surface area contributed by atoms with Gasteiger partial charge >= 0.3 is 0 Å². The van der Waals surface area contributed by atoms with E-state index in [-0.39, 0.29) is 0 Å². The van der Waals surface area contributed by atoms with Crippen molar-refractivity contribution in [3.63, 3.8) is 0 Å². The fraction of sp³-hybridized carbons (Fsp3) is 0.526. The number of hydrogen-bond donors (Lipinski definition) is 2. The summed E-state index contributed by atoms with van der Waals surface area (Å²) in [6.07, 6.45) is 3.97. The van der Waals surface area contributed by atoms with E-state index in [9.17, 15) is 5.11 Å². The van der Waals surface area contributed by atoms with E-state index in [1.165, 1.54) is 0 Å². The quantitative estimate of drug-likeness (QED) is 0.510. The fourth-order valence-electron chi connectivity index (χ4n) is 2.93. The number of allylic oxidation sites excluding steroid dienone is 1. The second-order valence-corrected chi connectivity index (χ2v) is 7.39. The van der Waals surface area contributed by atoms with E-state index in [1.54, 1.807) is 11.8 Å². The predicted molar refractivity (Wildman–Crippen MR) is 105 cm³/mol. The van der Waals surface area contributed by atoms with Crippen molar-refractivity contribution in [2.24, 2.45) is 5.92 Å². The molecule has 1 aliphatic heterocycles. The van der Waals surface area contributed by atoms with Gasteiger partial charge in [-0.2, -0.15) is 0 Å². The standard InChI is InChI=1S/C19H29N3OS/c1-5-12-24-19-17(15(3)20-4)8-9-18(21-19)22-11-10-16(13-22)7-6-14(2)23/h8-9,16,20,23H,2-3,5-7,10-13H2,1,4H3. The molecule has 0 radical (unpaired) electrons. The molecule has 1 saturated heterocycles. The summed E-state index contributed by atoms with van der Waals surface area (Å²) < 4.78 is 0. The van der Waals surface area contributed by atoms with Crippen LogP contribution in [-0.4, -0.2) is 36.0 Å². The second kappa shape index (κ2) is 9.02. The molecule has 1 aromatic heterocycles. The van der Waals surface area contributed by atoms with Crippen LogP contribution >= 0.6 is 11.8 Å². The van der Waals surface area contributed by atoms with Gasteiger partial charge in [0.1, 0.15) is 10.8 Å². The summed E-state index contributed by atoms with van der Waals surface area (Å²) in [5, 5.41) is 13.5. The van der Waals surface area contributed by atoms with E-state index >= 15 is 0 Å². The van der Waals surface area contributed by atoms with E-state index in [0.717, 1.165) is 60.2 Å². The van der Waals surface area contributed by atoms with Gasteiger partial charge in [0, 0.05) is 37.8 Å². The van der Waals surface area contributed by atoms with E-state index < -0.39 is 0 Å². The zero-order chi connectivity index (χ0) is 17.5. The average molecular weight is 348 g/mol. The fourth-order valence-corrected chi connectivity index (χ4v) is 3.83. The Morgan fingerprint density at radius 3 is 2.92 bits per heavy atom. The summed E-state index contributed by atoms with van der Waals surface area (Å²) in [7, 11) is 1.89. The van der Waals surface area contributed by atoms with E-state index in [0.29, 0.717) is 18.1 Å². The van der Waals surface area contributed by atoms with E-state index in [1.807, 2.05) is 7.05 Å². The van der Waals surface area contributed by atoms with Gasteiger partial charge in [0.15, 0.2) is 0 Å². The van der Waals surface area contributed by atoms with Gasteiger partial charge in [-0.3, -0.25) is 0 Å². The maximum absolute atomic E-state index is 9.28. The smallest absolute Gasteiger partial charge is 0.129 e. The molecule has 0 aromatic carbocycles. The Morgan fingerprint density at radius 2 is 2.25 bits per heavy atom. The molecular formula is C19H29N3OS. The summed E-state index contributed by atoms with van der Waals surface area (Å²) in [4.78, 5) is 7.27. The average Bonchev–Trinajstić information content (AvgIpc) is 3.06. The van der Waals surface area contributed by atoms with Crippen LogP contribution < -0.4 is 10.2 Å². The lowest BCUT2D eigenvalue weighted by atomic mass is 10.0. The molecule has 1 aliphatic rings. The minimum absolute atomic E-state index is 0.291. The number of aliphatic hydroxyl groups is 1. The molecule has 4 nitrogen and oxygen atoms in total. The van der Waals surface area contributed by atoms with E-state index in [4.69, 9.17) is 4.98 Å². The van der Waals surface area contributed by atoms with Crippen molar-refractivity contribution in [2.75, 3.05) is 30.8 Å². The molecule has 1 unspecified atom stereocenters. The van der Waals surface area contributed by atoms with Crippen LogP contribution in [0.15, 0.2) is 36.1 Å². The highest BCUT2D eigenvalue weighted by Gasteiger charge is 2.24. The first-order chi connectivity index (χ1) is 11.5. The number of aliphatic hydroxyl groups excluding tert-OH is 1. The highest BCUT2D eigenvalue weighted by molar-refractivity contribution is 7.99. The van der Waals surface area contributed by atoms with Crippen LogP contribution in [0.25, 0.3) is 5.70 Å². The predicted octanol–water partition coefficient (Wildman–Crippen LogP) is 4.45. The number of aromatic nitrogens is 1. The topological polar surface area (TPSA) is 48.4 Å². The Labute approximate surface area is 150 Å². The number of anilines is 1. The number of pyridine rings is 1. The molecule has 2 heterocycles. The van der Waals surface area contributed by atoms with Crippen molar-refractivity contribution in [3.05, 3.63) is 36.6 Å². The van der Waals surface area contributed by atoms with Gasteiger partial charge in [0.25, 0.3) is 0 Å². The molecule has 132 valence electrons. The van der Waals surface area contributed by atoms with Gasteiger partial charge in [0.05, 0.1) is 5.76 Å². The van der Waals surface area contributed by atoms with Crippen LogP contribution in [0.1, 0.15) is 38.2 Å². The van der Waals surface area contributed by atoms with Crippen LogP contribution in [-0.2, 0) is 0 Å². The second-order valence-electron chi connectivity index (χ2n) is 6.30. The summed E-state index contributed by atoms with van der Waals surface area (Å²) in [5.74, 6) is 3.00. The van der Waals surface area contributed by atoms with Crippen LogP contribution in [0.5, 0.6) is 0 Å². The van der Waals surface area contributed by atoms with Crippen LogP contribution in [0.2, 0.25) is 0 Å². The van der Waals surface area contributed by atoms with Gasteiger partial charge in [-0.25, -0.2) is 4.98 Å². The largest absolute Gasteiger partial charge is 0.513 e. The van der Waals surface area contributed by atoms with Crippen LogP contribution in [0.3, 0.4) is 0 Å². The number of rotatable bonds is 9. The molecule has 1 aromatic rings. The lowest BCUT2D eigenvalue weighted by molar-refractivity contribution is 0.370. The summed E-state index contributed by atoms with van der Waals surface area (Å²) in [5.41, 5.74) is 2.00. The molecule has 0 bridgehead atoms. The van der Waals surface area contributed by atoms with Gasteiger partial charge < -0.3 is 15.3 Å². The Bertz CT molecular complexity index is 588. The molecule has 0 spiro atoms. The minimum Gasteiger partial charge on any atom is -0.513 e. The molecule has 2 N–H and O–H groups in total. The summed E-state index contributed by atoms with van der Waals surface area (Å²) in [6.45, 7) is 11.9. The Balaban J connectivity index is 2.10. The van der Waals surface area contributed by atoms with Crippen molar-refractivity contribution in [2.45, 2.75) is 37.6 Å². The van der Waals surface area contributed by atoms with Gasteiger partial charge in [-0.15, -0.1) is 11.8 Å². The Morgan fingerprint density at radius 1 is 1.46 bits per heavy atom. The maximum atomic E-state index is 9.28. The number of nitrogens with one attached hydrogen (secondary N) is 1. The van der Waals surface area contributed by atoms with Crippen molar-refractivity contribution in [3.8, 4) is 0 Å². The van der Waals surface area contributed by atoms with E-state index in [2.05, 4.69) is 42.4 Å². The van der Waals surface area contributed by atoms with Crippen LogP contribution in [0.4, 0.5) is 5.82 Å². The number of thioether (sulfide) groups is 1. The summed E-state index contributed by atoms with van der Waals surface area (Å²) in [6, 6.07) is 4.23. The number of hydrogen-bond acceptors (Lipinski definition) is 5. The van der Waals surface area contributed by atoms with Gasteiger partial charge in [-0.05, 0) is 43.1 Å². The zero-order valence-electron chi connectivity index (χ0n) is 14.8. The van der Waals surface area contributed by atoms with Crippen LogP contribution in [0, 0.1) is 5.92 Å². The molecule has 1 fully saturated rings. The Kier molecular flexibility index (Phi) is 7.03.